The van der Waals surface area contributed by atoms with Crippen LogP contribution in [0, 0.1) is 5.92 Å². The third-order valence-corrected chi connectivity index (χ3v) is 6.72. The van der Waals surface area contributed by atoms with Crippen molar-refractivity contribution in [2.75, 3.05) is 19.8 Å². The molecule has 0 aromatic heterocycles. The molecule has 0 aromatic rings. The van der Waals surface area contributed by atoms with Gasteiger partial charge in [0.1, 0.15) is 19.0 Å². The normalized spacial score (nSPS) is 18.9. The van der Waals surface area contributed by atoms with Crippen LogP contribution < -0.4 is 16.4 Å². The summed E-state index contributed by atoms with van der Waals surface area (Å²) >= 11 is 0. The number of nitrogens with two attached hydrogens (primary N) is 1. The number of fused-ring (bicyclic) bond motifs is 1. The number of aliphatic imine (C=N–C) groups is 3. The average Bonchev–Trinajstić information content (AvgIpc) is 3.41. The number of allylic oxidation sites excluding steroid dienone is 2. The van der Waals surface area contributed by atoms with Gasteiger partial charge in [-0.2, -0.15) is 0 Å². The second-order valence-electron chi connectivity index (χ2n) is 10.6. The molecule has 2 aliphatic rings. The monoisotopic (exact) mass is 560 g/mol. The number of carbonyl (C=O) groups excluding carboxylic acids is 3. The van der Waals surface area contributed by atoms with E-state index < -0.39 is 23.7 Å². The Labute approximate surface area is 238 Å². The zero-order chi connectivity index (χ0) is 29.2. The fourth-order valence-corrected chi connectivity index (χ4v) is 4.10. The Morgan fingerprint density at radius 3 is 2.52 bits per heavy atom. The fourth-order valence-electron chi connectivity index (χ4n) is 4.10. The van der Waals surface area contributed by atoms with Crippen molar-refractivity contribution in [1.82, 2.24) is 10.6 Å². The number of rotatable bonds is 21. The molecule has 1 unspecified atom stereocenters. The molecule has 0 saturated carbocycles. The molecule has 0 aromatic carbocycles. The Kier molecular flexibility index (Phi) is 15.3. The molecule has 40 heavy (non-hydrogen) atoms. The van der Waals surface area contributed by atoms with E-state index in [1.54, 1.807) is 0 Å². The lowest BCUT2D eigenvalue weighted by atomic mass is 10.1. The number of amides is 1. The van der Waals surface area contributed by atoms with Crippen molar-refractivity contribution < 1.29 is 23.9 Å². The molecule has 2 atom stereocenters. The minimum absolute atomic E-state index is 0.00463. The molecule has 2 heterocycles. The number of nitrogens with zero attached hydrogens (tertiary/aromatic N) is 3. The highest BCUT2D eigenvalue weighted by molar-refractivity contribution is 6.69. The number of carbonyl (C=O) groups is 3. The summed E-state index contributed by atoms with van der Waals surface area (Å²) < 4.78 is 10.8. The van der Waals surface area contributed by atoms with E-state index in [0.29, 0.717) is 25.8 Å². The van der Waals surface area contributed by atoms with Gasteiger partial charge in [-0.15, -0.1) is 0 Å². The van der Waals surface area contributed by atoms with Gasteiger partial charge >= 0.3 is 11.9 Å². The molecule has 224 valence electrons. The molecule has 0 radical (unpaired) electrons. The predicted molar refractivity (Wildman–Crippen MR) is 157 cm³/mol. The van der Waals surface area contributed by atoms with Crippen LogP contribution in [0.4, 0.5) is 0 Å². The summed E-state index contributed by atoms with van der Waals surface area (Å²) in [5.74, 6) is -2.34. The molecule has 11 heteroatoms. The van der Waals surface area contributed by atoms with Gasteiger partial charge in [0, 0.05) is 6.42 Å². The molecule has 11 nitrogen and oxygen atoms in total. The predicted octanol–water partition coefficient (Wildman–Crippen LogP) is 3.57. The maximum atomic E-state index is 12.6. The number of unbranched alkanes of at least 4 members (excludes halogenated alkanes) is 8. The first-order valence-corrected chi connectivity index (χ1v) is 14.8. The van der Waals surface area contributed by atoms with Crippen molar-refractivity contribution in [2.24, 2.45) is 26.6 Å². The van der Waals surface area contributed by atoms with Crippen LogP contribution in [0.3, 0.4) is 0 Å². The Hall–Kier alpha value is -2.92. The third kappa shape index (κ3) is 12.1. The molecule has 2 rings (SSSR count). The van der Waals surface area contributed by atoms with Crippen LogP contribution in [0.5, 0.6) is 0 Å². The Morgan fingerprint density at radius 1 is 1.05 bits per heavy atom. The molecule has 0 aliphatic carbocycles. The van der Waals surface area contributed by atoms with E-state index in [-0.39, 0.29) is 36.6 Å². The molecule has 0 spiro atoms. The minimum Gasteiger partial charge on any atom is -0.465 e. The number of amidine groups is 1. The lowest BCUT2D eigenvalue weighted by Gasteiger charge is -2.34. The molecule has 2 aliphatic heterocycles. The zero-order valence-electron chi connectivity index (χ0n) is 24.5. The van der Waals surface area contributed by atoms with Crippen molar-refractivity contribution in [3.63, 3.8) is 0 Å². The second kappa shape index (κ2) is 18.4. The molecule has 0 bridgehead atoms. The topological polar surface area (TPSA) is 157 Å². The van der Waals surface area contributed by atoms with E-state index in [4.69, 9.17) is 15.2 Å². The van der Waals surface area contributed by atoms with Crippen molar-refractivity contribution in [3.8, 4) is 0 Å². The van der Waals surface area contributed by atoms with Gasteiger partial charge in [0.15, 0.2) is 11.5 Å². The lowest BCUT2D eigenvalue weighted by molar-refractivity contribution is -0.147. The Morgan fingerprint density at radius 2 is 1.77 bits per heavy atom. The van der Waals surface area contributed by atoms with E-state index in [0.717, 1.165) is 32.1 Å². The van der Waals surface area contributed by atoms with Crippen LogP contribution in [0.1, 0.15) is 97.8 Å². The first-order valence-electron chi connectivity index (χ1n) is 14.8. The number of esters is 2. The van der Waals surface area contributed by atoms with E-state index >= 15 is 0 Å². The van der Waals surface area contributed by atoms with Gasteiger partial charge in [0.2, 0.25) is 5.79 Å². The average molecular weight is 561 g/mol. The van der Waals surface area contributed by atoms with Crippen molar-refractivity contribution in [2.45, 2.75) is 110 Å². The van der Waals surface area contributed by atoms with E-state index in [1.807, 2.05) is 13.8 Å². The molecular formula is C29H48N6O5. The second-order valence-corrected chi connectivity index (χ2v) is 10.6. The zero-order valence-corrected chi connectivity index (χ0v) is 24.5. The summed E-state index contributed by atoms with van der Waals surface area (Å²) in [6.07, 6.45) is 17.2. The Bertz CT molecular complexity index is 945. The van der Waals surface area contributed by atoms with Crippen molar-refractivity contribution >= 4 is 35.7 Å². The van der Waals surface area contributed by atoms with Gasteiger partial charge in [-0.1, -0.05) is 65.0 Å². The number of hydrogen-bond donors (Lipinski definition) is 3. The number of ether oxygens (including phenoxy) is 2. The van der Waals surface area contributed by atoms with Crippen LogP contribution in [-0.2, 0) is 23.9 Å². The summed E-state index contributed by atoms with van der Waals surface area (Å²) in [6, 6.07) is -0.644. The first-order chi connectivity index (χ1) is 19.3. The standard InChI is InChI=1S/C29H48N6O5/c1-4-5-6-7-8-9-10-11-12-13-14-17-23(36)40-20-29(34-26-25(27(37)35-29)31-21-32-26)33-18-15-16-19-39-28(38)24(30)22(2)3/h7-8,21-22,24,33H,4-6,9-20,30H2,1-3H3,(H,35,37)/t24-,29?/m0/s1. The van der Waals surface area contributed by atoms with Gasteiger partial charge in [0.05, 0.1) is 6.61 Å². The molecular weight excluding hydrogens is 512 g/mol. The third-order valence-electron chi connectivity index (χ3n) is 6.72. The molecule has 4 N–H and O–H groups in total. The maximum Gasteiger partial charge on any atom is 0.323 e. The van der Waals surface area contributed by atoms with Gasteiger partial charge in [-0.25, -0.2) is 15.0 Å². The highest BCUT2D eigenvalue weighted by Crippen LogP contribution is 2.15. The molecule has 0 fully saturated rings. The minimum atomic E-state index is -1.34. The van der Waals surface area contributed by atoms with Crippen LogP contribution in [0.15, 0.2) is 27.1 Å². The van der Waals surface area contributed by atoms with Crippen LogP contribution in [0.2, 0.25) is 0 Å². The smallest absolute Gasteiger partial charge is 0.323 e. The van der Waals surface area contributed by atoms with Crippen LogP contribution >= 0.6 is 0 Å². The van der Waals surface area contributed by atoms with Crippen molar-refractivity contribution in [3.05, 3.63) is 12.2 Å². The largest absolute Gasteiger partial charge is 0.465 e. The Balaban J connectivity index is 1.73. The SMILES string of the molecule is CCCCC=CCCCCCCCC(=O)OCC1(NCCCCOC(=O)[C@@H](N)C(C)C)N=C2N=CN=C2C(=O)N1. The van der Waals surface area contributed by atoms with Gasteiger partial charge in [0.25, 0.3) is 5.91 Å². The summed E-state index contributed by atoms with van der Waals surface area (Å²) in [5, 5.41) is 5.95. The number of hydrogen-bond acceptors (Lipinski definition) is 10. The number of nitrogens with one attached hydrogen (secondary N) is 2. The molecule has 0 saturated heterocycles. The highest BCUT2D eigenvalue weighted by Gasteiger charge is 2.41. The van der Waals surface area contributed by atoms with Gasteiger partial charge < -0.3 is 20.5 Å². The van der Waals surface area contributed by atoms with E-state index in [1.165, 1.54) is 32.0 Å². The van der Waals surface area contributed by atoms with E-state index in [9.17, 15) is 14.4 Å². The summed E-state index contributed by atoms with van der Waals surface area (Å²) in [6.45, 7) is 6.41. The van der Waals surface area contributed by atoms with Crippen molar-refractivity contribution in [1.29, 1.82) is 0 Å². The molecule has 1 amide bonds. The van der Waals surface area contributed by atoms with Gasteiger partial charge in [-0.3, -0.25) is 19.7 Å². The summed E-state index contributed by atoms with van der Waals surface area (Å²) in [7, 11) is 0. The lowest BCUT2D eigenvalue weighted by Crippen LogP contribution is -2.65. The van der Waals surface area contributed by atoms with Crippen LogP contribution in [-0.4, -0.2) is 67.3 Å². The summed E-state index contributed by atoms with van der Waals surface area (Å²) in [4.78, 5) is 49.4. The summed E-state index contributed by atoms with van der Waals surface area (Å²) in [5.41, 5.74) is 5.94. The van der Waals surface area contributed by atoms with E-state index in [2.05, 4.69) is 44.7 Å². The maximum absolute atomic E-state index is 12.6. The fraction of sp³-hybridized carbons (Fsp3) is 0.724. The quantitative estimate of drug-likeness (QED) is 0.110. The highest BCUT2D eigenvalue weighted by atomic mass is 16.5. The first kappa shape index (κ1) is 33.3. The van der Waals surface area contributed by atoms with Gasteiger partial charge in [-0.05, 0) is 51.0 Å². The van der Waals surface area contributed by atoms with Crippen LogP contribution in [0.25, 0.3) is 0 Å².